The van der Waals surface area contributed by atoms with E-state index in [9.17, 15) is 4.79 Å². The van der Waals surface area contributed by atoms with Gasteiger partial charge in [0.15, 0.2) is 0 Å². The van der Waals surface area contributed by atoms with E-state index in [0.29, 0.717) is 5.82 Å². The van der Waals surface area contributed by atoms with Gasteiger partial charge >= 0.3 is 0 Å². The predicted octanol–water partition coefficient (Wildman–Crippen LogP) is 5.05. The molecular formula is C22H30N4O. The normalized spacial score (nSPS) is 15.5. The van der Waals surface area contributed by atoms with Gasteiger partial charge in [0.1, 0.15) is 5.82 Å². The molecule has 0 aliphatic carbocycles. The van der Waals surface area contributed by atoms with Crippen LogP contribution >= 0.6 is 0 Å². The van der Waals surface area contributed by atoms with E-state index in [2.05, 4.69) is 51.7 Å². The molecule has 27 heavy (non-hydrogen) atoms. The molecule has 0 radical (unpaired) electrons. The van der Waals surface area contributed by atoms with E-state index in [-0.39, 0.29) is 5.91 Å². The van der Waals surface area contributed by atoms with Gasteiger partial charge < -0.3 is 15.5 Å². The second-order valence-corrected chi connectivity index (χ2v) is 8.48. The van der Waals surface area contributed by atoms with Crippen molar-refractivity contribution in [2.45, 2.75) is 40.5 Å². The molecule has 5 nitrogen and oxygen atoms in total. The molecule has 1 saturated heterocycles. The van der Waals surface area contributed by atoms with Crippen molar-refractivity contribution in [2.75, 3.05) is 28.6 Å². The third-order valence-corrected chi connectivity index (χ3v) is 4.99. The molecule has 3 rings (SSSR count). The zero-order valence-electron chi connectivity index (χ0n) is 16.7. The SMILES string of the molecule is CC1CCN(c2ccc(Nc3ccc(NC(=O)C(C)(C)C)nc3)cc2)CC1. The minimum Gasteiger partial charge on any atom is -0.372 e. The number of aromatic nitrogens is 1. The first-order valence-electron chi connectivity index (χ1n) is 9.71. The van der Waals surface area contributed by atoms with Gasteiger partial charge in [-0.15, -0.1) is 0 Å². The highest BCUT2D eigenvalue weighted by molar-refractivity contribution is 5.93. The molecule has 0 unspecified atom stereocenters. The molecule has 1 aromatic heterocycles. The molecule has 0 saturated carbocycles. The van der Waals surface area contributed by atoms with Gasteiger partial charge in [0.05, 0.1) is 11.9 Å². The van der Waals surface area contributed by atoms with Crippen molar-refractivity contribution in [3.63, 3.8) is 0 Å². The summed E-state index contributed by atoms with van der Waals surface area (Å²) in [6.07, 6.45) is 4.27. The highest BCUT2D eigenvalue weighted by Gasteiger charge is 2.21. The predicted molar refractivity (Wildman–Crippen MR) is 113 cm³/mol. The Morgan fingerprint density at radius 3 is 2.22 bits per heavy atom. The number of anilines is 4. The maximum absolute atomic E-state index is 12.0. The summed E-state index contributed by atoms with van der Waals surface area (Å²) >= 11 is 0. The molecular weight excluding hydrogens is 336 g/mol. The lowest BCUT2D eigenvalue weighted by atomic mass is 9.96. The lowest BCUT2D eigenvalue weighted by Crippen LogP contribution is -2.32. The molecule has 1 amide bonds. The molecule has 2 heterocycles. The van der Waals surface area contributed by atoms with E-state index < -0.39 is 5.41 Å². The average molecular weight is 367 g/mol. The quantitative estimate of drug-likeness (QED) is 0.795. The summed E-state index contributed by atoms with van der Waals surface area (Å²) in [6.45, 7) is 10.3. The Hall–Kier alpha value is -2.56. The largest absolute Gasteiger partial charge is 0.372 e. The van der Waals surface area contributed by atoms with Crippen LogP contribution < -0.4 is 15.5 Å². The number of carbonyl (C=O) groups excluding carboxylic acids is 1. The maximum atomic E-state index is 12.0. The van der Waals surface area contributed by atoms with Crippen molar-refractivity contribution in [3.8, 4) is 0 Å². The van der Waals surface area contributed by atoms with Crippen LogP contribution in [-0.2, 0) is 4.79 Å². The molecule has 0 spiro atoms. The van der Waals surface area contributed by atoms with Crippen molar-refractivity contribution in [3.05, 3.63) is 42.6 Å². The van der Waals surface area contributed by atoms with Gasteiger partial charge in [0.2, 0.25) is 5.91 Å². The van der Waals surface area contributed by atoms with Crippen LogP contribution in [0.5, 0.6) is 0 Å². The van der Waals surface area contributed by atoms with Crippen LogP contribution in [0.1, 0.15) is 40.5 Å². The Kier molecular flexibility index (Phi) is 5.68. The zero-order valence-corrected chi connectivity index (χ0v) is 16.7. The fraction of sp³-hybridized carbons (Fsp3) is 0.455. The number of amides is 1. The molecule has 0 bridgehead atoms. The standard InChI is InChI=1S/C22H30N4O/c1-16-11-13-26(14-12-16)19-8-5-17(6-9-19)24-18-7-10-20(23-15-18)25-21(27)22(2,3)4/h5-10,15-16,24H,11-14H2,1-4H3,(H,23,25,27). The van der Waals surface area contributed by atoms with Crippen LogP contribution in [-0.4, -0.2) is 24.0 Å². The van der Waals surface area contributed by atoms with Crippen LogP contribution in [0.3, 0.4) is 0 Å². The Labute approximate surface area is 162 Å². The van der Waals surface area contributed by atoms with E-state index in [0.717, 1.165) is 30.4 Å². The third-order valence-electron chi connectivity index (χ3n) is 4.99. The maximum Gasteiger partial charge on any atom is 0.230 e. The number of rotatable bonds is 4. The van der Waals surface area contributed by atoms with E-state index >= 15 is 0 Å². The number of nitrogens with one attached hydrogen (secondary N) is 2. The van der Waals surface area contributed by atoms with Gasteiger partial charge in [-0.05, 0) is 55.2 Å². The van der Waals surface area contributed by atoms with Crippen LogP contribution in [0.2, 0.25) is 0 Å². The number of hydrogen-bond donors (Lipinski definition) is 2. The molecule has 5 heteroatoms. The minimum atomic E-state index is -0.438. The lowest BCUT2D eigenvalue weighted by molar-refractivity contribution is -0.123. The van der Waals surface area contributed by atoms with Gasteiger partial charge in [0.25, 0.3) is 0 Å². The Bertz CT molecular complexity index is 754. The number of nitrogens with zero attached hydrogens (tertiary/aromatic N) is 2. The summed E-state index contributed by atoms with van der Waals surface area (Å²) in [4.78, 5) is 18.8. The second kappa shape index (κ2) is 7.99. The van der Waals surface area contributed by atoms with E-state index in [1.807, 2.05) is 32.9 Å². The monoisotopic (exact) mass is 366 g/mol. The van der Waals surface area contributed by atoms with Crippen LogP contribution in [0.15, 0.2) is 42.6 Å². The summed E-state index contributed by atoms with van der Waals surface area (Å²) < 4.78 is 0. The van der Waals surface area contributed by atoms with Crippen molar-refractivity contribution in [1.29, 1.82) is 0 Å². The van der Waals surface area contributed by atoms with Crippen molar-refractivity contribution in [2.24, 2.45) is 11.3 Å². The highest BCUT2D eigenvalue weighted by Crippen LogP contribution is 2.25. The van der Waals surface area contributed by atoms with Gasteiger partial charge in [0, 0.05) is 29.9 Å². The highest BCUT2D eigenvalue weighted by atomic mass is 16.2. The molecule has 144 valence electrons. The lowest BCUT2D eigenvalue weighted by Gasteiger charge is -2.32. The van der Waals surface area contributed by atoms with Crippen LogP contribution in [0.4, 0.5) is 22.9 Å². The van der Waals surface area contributed by atoms with E-state index in [1.54, 1.807) is 6.20 Å². The van der Waals surface area contributed by atoms with E-state index in [4.69, 9.17) is 0 Å². The number of carbonyl (C=O) groups is 1. The summed E-state index contributed by atoms with van der Waals surface area (Å²) in [5, 5.41) is 6.19. The van der Waals surface area contributed by atoms with Gasteiger partial charge in [-0.25, -0.2) is 4.98 Å². The summed E-state index contributed by atoms with van der Waals surface area (Å²) in [6, 6.07) is 12.3. The molecule has 1 aliphatic heterocycles. The summed E-state index contributed by atoms with van der Waals surface area (Å²) in [5.41, 5.74) is 2.76. The topological polar surface area (TPSA) is 57.3 Å². The first-order chi connectivity index (χ1) is 12.8. The fourth-order valence-corrected chi connectivity index (χ4v) is 3.03. The molecule has 0 atom stereocenters. The van der Waals surface area contributed by atoms with E-state index in [1.165, 1.54) is 18.5 Å². The molecule has 1 fully saturated rings. The number of piperidine rings is 1. The van der Waals surface area contributed by atoms with Crippen molar-refractivity contribution in [1.82, 2.24) is 4.98 Å². The summed E-state index contributed by atoms with van der Waals surface area (Å²) in [7, 11) is 0. The van der Waals surface area contributed by atoms with Gasteiger partial charge in [-0.1, -0.05) is 27.7 Å². The number of benzene rings is 1. The number of pyridine rings is 1. The Morgan fingerprint density at radius 1 is 1.04 bits per heavy atom. The smallest absolute Gasteiger partial charge is 0.230 e. The van der Waals surface area contributed by atoms with Crippen molar-refractivity contribution < 1.29 is 4.79 Å². The summed E-state index contributed by atoms with van der Waals surface area (Å²) in [5.74, 6) is 1.36. The third kappa shape index (κ3) is 5.22. The molecule has 2 aromatic rings. The zero-order chi connectivity index (χ0) is 19.4. The molecule has 2 N–H and O–H groups in total. The minimum absolute atomic E-state index is 0.0431. The first-order valence-corrected chi connectivity index (χ1v) is 9.71. The van der Waals surface area contributed by atoms with Crippen LogP contribution in [0, 0.1) is 11.3 Å². The van der Waals surface area contributed by atoms with Crippen molar-refractivity contribution >= 4 is 28.8 Å². The number of hydrogen-bond acceptors (Lipinski definition) is 4. The Morgan fingerprint density at radius 2 is 1.67 bits per heavy atom. The van der Waals surface area contributed by atoms with Gasteiger partial charge in [-0.2, -0.15) is 0 Å². The second-order valence-electron chi connectivity index (χ2n) is 8.48. The van der Waals surface area contributed by atoms with Crippen LogP contribution in [0.25, 0.3) is 0 Å². The molecule has 1 aliphatic rings. The average Bonchev–Trinajstić information content (AvgIpc) is 2.64. The Balaban J connectivity index is 1.58. The first kappa shape index (κ1) is 19.2. The molecule has 1 aromatic carbocycles. The fourth-order valence-electron chi connectivity index (χ4n) is 3.03. The van der Waals surface area contributed by atoms with Gasteiger partial charge in [-0.3, -0.25) is 4.79 Å².